The number of furan rings is 1. The molecule has 0 bridgehead atoms. The largest absolute Gasteiger partial charge is 0.468 e. The highest BCUT2D eigenvalue weighted by atomic mass is 35.5. The Labute approximate surface area is 125 Å². The van der Waals surface area contributed by atoms with Crippen molar-refractivity contribution in [1.82, 2.24) is 10.2 Å². The molecule has 2 rings (SSSR count). The minimum atomic E-state index is 0.445. The second kappa shape index (κ2) is 7.48. The van der Waals surface area contributed by atoms with Gasteiger partial charge in [-0.05, 0) is 43.8 Å². The molecule has 1 aromatic heterocycles. The standard InChI is InChI=1S/C16H21ClN2O/c1-13(10-18-11-16-4-3-9-20-16)19(2)12-14-5-7-15(17)8-6-14/h3-9,13,18H,10-12H2,1-2H3. The number of likely N-dealkylation sites (N-methyl/N-ethyl adjacent to an activating group) is 1. The lowest BCUT2D eigenvalue weighted by molar-refractivity contribution is 0.241. The molecular weight excluding hydrogens is 272 g/mol. The summed E-state index contributed by atoms with van der Waals surface area (Å²) in [4.78, 5) is 2.32. The third-order valence-corrected chi connectivity index (χ3v) is 3.67. The van der Waals surface area contributed by atoms with Crippen LogP contribution in [-0.2, 0) is 13.1 Å². The molecule has 1 atom stereocenters. The van der Waals surface area contributed by atoms with Crippen molar-refractivity contribution in [3.8, 4) is 0 Å². The lowest BCUT2D eigenvalue weighted by Gasteiger charge is -2.25. The highest BCUT2D eigenvalue weighted by molar-refractivity contribution is 6.30. The Bertz CT molecular complexity index is 496. The normalized spacial score (nSPS) is 12.8. The smallest absolute Gasteiger partial charge is 0.117 e. The molecule has 0 spiro atoms. The first-order chi connectivity index (χ1) is 9.65. The topological polar surface area (TPSA) is 28.4 Å². The first-order valence-electron chi connectivity index (χ1n) is 6.83. The molecule has 2 aromatic rings. The second-order valence-corrected chi connectivity index (χ2v) is 5.54. The molecule has 0 amide bonds. The molecule has 0 fully saturated rings. The van der Waals surface area contributed by atoms with Crippen LogP contribution < -0.4 is 5.32 Å². The maximum atomic E-state index is 5.90. The third-order valence-electron chi connectivity index (χ3n) is 3.42. The van der Waals surface area contributed by atoms with E-state index in [0.29, 0.717) is 6.04 Å². The van der Waals surface area contributed by atoms with Crippen molar-refractivity contribution < 1.29 is 4.42 Å². The summed E-state index contributed by atoms with van der Waals surface area (Å²) in [6.45, 7) is 4.82. The average Bonchev–Trinajstić information content (AvgIpc) is 2.94. The van der Waals surface area contributed by atoms with Crippen molar-refractivity contribution in [2.75, 3.05) is 13.6 Å². The van der Waals surface area contributed by atoms with E-state index in [0.717, 1.165) is 30.4 Å². The predicted octanol–water partition coefficient (Wildman–Crippen LogP) is 3.54. The minimum absolute atomic E-state index is 0.445. The van der Waals surface area contributed by atoms with Gasteiger partial charge in [-0.25, -0.2) is 0 Å². The van der Waals surface area contributed by atoms with E-state index in [2.05, 4.69) is 36.3 Å². The average molecular weight is 293 g/mol. The Balaban J connectivity index is 1.73. The van der Waals surface area contributed by atoms with E-state index < -0.39 is 0 Å². The monoisotopic (exact) mass is 292 g/mol. The molecule has 1 N–H and O–H groups in total. The molecule has 108 valence electrons. The van der Waals surface area contributed by atoms with Crippen LogP contribution in [0.5, 0.6) is 0 Å². The lowest BCUT2D eigenvalue weighted by atomic mass is 10.2. The lowest BCUT2D eigenvalue weighted by Crippen LogP contribution is -2.37. The predicted molar refractivity (Wildman–Crippen MR) is 82.8 cm³/mol. The molecule has 1 aromatic carbocycles. The Morgan fingerprint density at radius 2 is 2.00 bits per heavy atom. The second-order valence-electron chi connectivity index (χ2n) is 5.10. The number of halogens is 1. The van der Waals surface area contributed by atoms with Gasteiger partial charge in [0.2, 0.25) is 0 Å². The summed E-state index contributed by atoms with van der Waals surface area (Å²) in [5.41, 5.74) is 1.27. The Morgan fingerprint density at radius 1 is 1.25 bits per heavy atom. The van der Waals surface area contributed by atoms with Crippen molar-refractivity contribution in [2.24, 2.45) is 0 Å². The van der Waals surface area contributed by atoms with Crippen molar-refractivity contribution in [3.05, 3.63) is 59.0 Å². The van der Waals surface area contributed by atoms with Crippen molar-refractivity contribution >= 4 is 11.6 Å². The fraction of sp³-hybridized carbons (Fsp3) is 0.375. The van der Waals surface area contributed by atoms with Gasteiger partial charge < -0.3 is 9.73 Å². The maximum Gasteiger partial charge on any atom is 0.117 e. The number of nitrogens with zero attached hydrogens (tertiary/aromatic N) is 1. The van der Waals surface area contributed by atoms with Crippen molar-refractivity contribution in [1.29, 1.82) is 0 Å². The van der Waals surface area contributed by atoms with Gasteiger partial charge in [0.05, 0.1) is 12.8 Å². The first kappa shape index (κ1) is 15.1. The fourth-order valence-corrected chi connectivity index (χ4v) is 2.13. The summed E-state index contributed by atoms with van der Waals surface area (Å²) in [5.74, 6) is 0.970. The molecule has 0 radical (unpaired) electrons. The summed E-state index contributed by atoms with van der Waals surface area (Å²) < 4.78 is 5.29. The highest BCUT2D eigenvalue weighted by Crippen LogP contribution is 2.12. The molecule has 0 aliphatic carbocycles. The fourth-order valence-electron chi connectivity index (χ4n) is 2.01. The molecule has 1 unspecified atom stereocenters. The zero-order valence-corrected chi connectivity index (χ0v) is 12.7. The van der Waals surface area contributed by atoms with E-state index >= 15 is 0 Å². The number of hydrogen-bond donors (Lipinski definition) is 1. The van der Waals surface area contributed by atoms with Gasteiger partial charge in [0, 0.05) is 24.2 Å². The Kier molecular flexibility index (Phi) is 5.65. The van der Waals surface area contributed by atoms with E-state index in [1.54, 1.807) is 6.26 Å². The molecule has 0 aliphatic heterocycles. The van der Waals surface area contributed by atoms with Crippen LogP contribution in [0.15, 0.2) is 47.1 Å². The van der Waals surface area contributed by atoms with Crippen molar-refractivity contribution in [3.63, 3.8) is 0 Å². The number of nitrogens with one attached hydrogen (secondary N) is 1. The van der Waals surface area contributed by atoms with Gasteiger partial charge in [-0.15, -0.1) is 0 Å². The van der Waals surface area contributed by atoms with Crippen LogP contribution in [0, 0.1) is 0 Å². The van der Waals surface area contributed by atoms with Gasteiger partial charge in [-0.1, -0.05) is 23.7 Å². The van der Waals surface area contributed by atoms with Gasteiger partial charge in [-0.2, -0.15) is 0 Å². The highest BCUT2D eigenvalue weighted by Gasteiger charge is 2.09. The van der Waals surface area contributed by atoms with Crippen molar-refractivity contribution in [2.45, 2.75) is 26.1 Å². The molecule has 3 nitrogen and oxygen atoms in total. The van der Waals surface area contributed by atoms with Crippen LogP contribution in [0.4, 0.5) is 0 Å². The molecular formula is C16H21ClN2O. The Hall–Kier alpha value is -1.29. The zero-order valence-electron chi connectivity index (χ0n) is 12.0. The summed E-state index contributed by atoms with van der Waals surface area (Å²) in [5, 5.41) is 4.19. The van der Waals surface area contributed by atoms with Gasteiger partial charge in [0.25, 0.3) is 0 Å². The Morgan fingerprint density at radius 3 is 2.65 bits per heavy atom. The summed E-state index contributed by atoms with van der Waals surface area (Å²) >= 11 is 5.90. The van der Waals surface area contributed by atoms with E-state index in [9.17, 15) is 0 Å². The number of hydrogen-bond acceptors (Lipinski definition) is 3. The van der Waals surface area contributed by atoms with E-state index in [1.165, 1.54) is 5.56 Å². The molecule has 20 heavy (non-hydrogen) atoms. The molecule has 0 saturated heterocycles. The quantitative estimate of drug-likeness (QED) is 0.846. The SMILES string of the molecule is CC(CNCc1ccco1)N(C)Cc1ccc(Cl)cc1. The number of rotatable bonds is 7. The zero-order chi connectivity index (χ0) is 14.4. The maximum absolute atomic E-state index is 5.90. The van der Waals surface area contributed by atoms with E-state index in [-0.39, 0.29) is 0 Å². The summed E-state index contributed by atoms with van der Waals surface area (Å²) in [7, 11) is 2.13. The van der Waals surface area contributed by atoms with Crippen LogP contribution in [-0.4, -0.2) is 24.5 Å². The van der Waals surface area contributed by atoms with Crippen LogP contribution in [0.1, 0.15) is 18.2 Å². The first-order valence-corrected chi connectivity index (χ1v) is 7.20. The minimum Gasteiger partial charge on any atom is -0.468 e. The molecule has 0 saturated carbocycles. The summed E-state index contributed by atoms with van der Waals surface area (Å²) in [6, 6.07) is 12.3. The summed E-state index contributed by atoms with van der Waals surface area (Å²) in [6.07, 6.45) is 1.70. The molecule has 0 aliphatic rings. The van der Waals surface area contributed by atoms with E-state index in [1.807, 2.05) is 24.3 Å². The van der Waals surface area contributed by atoms with E-state index in [4.69, 9.17) is 16.0 Å². The third kappa shape index (κ3) is 4.67. The van der Waals surface area contributed by atoms with Crippen LogP contribution in [0.3, 0.4) is 0 Å². The van der Waals surface area contributed by atoms with Gasteiger partial charge in [0.1, 0.15) is 5.76 Å². The van der Waals surface area contributed by atoms with Crippen LogP contribution in [0.25, 0.3) is 0 Å². The van der Waals surface area contributed by atoms with Crippen LogP contribution in [0.2, 0.25) is 5.02 Å². The molecule has 4 heteroatoms. The van der Waals surface area contributed by atoms with Gasteiger partial charge >= 0.3 is 0 Å². The van der Waals surface area contributed by atoms with Crippen LogP contribution >= 0.6 is 11.6 Å². The van der Waals surface area contributed by atoms with Gasteiger partial charge in [-0.3, -0.25) is 4.90 Å². The molecule has 1 heterocycles. The van der Waals surface area contributed by atoms with Gasteiger partial charge in [0.15, 0.2) is 0 Å². The number of benzene rings is 1.